The van der Waals surface area contributed by atoms with E-state index >= 15 is 0 Å². The zero-order chi connectivity index (χ0) is 18.1. The third-order valence-electron chi connectivity index (χ3n) is 3.98. The number of anilines is 2. The third kappa shape index (κ3) is 3.18. The van der Waals surface area contributed by atoms with Crippen LogP contribution in [0.2, 0.25) is 0 Å². The SMILES string of the molecule is Cc1ccc(N[C@H]2CC(=O)N(c3ccc(F)cc3)C2=O)cc1[N+](=O)[O-]. The standard InChI is InChI=1S/C17H14FN3O4/c1-10-2-5-12(8-15(10)21(24)25)19-14-9-16(22)20(17(14)23)13-6-3-11(18)4-7-13/h2-8,14,19H,9H2,1H3/t14-/m0/s1. The highest BCUT2D eigenvalue weighted by atomic mass is 19.1. The topological polar surface area (TPSA) is 92.6 Å². The van der Waals surface area contributed by atoms with Crippen LogP contribution in [0, 0.1) is 22.9 Å². The van der Waals surface area contributed by atoms with Crippen molar-refractivity contribution in [3.05, 3.63) is 64.0 Å². The number of rotatable bonds is 4. The van der Waals surface area contributed by atoms with Gasteiger partial charge in [-0.1, -0.05) is 6.07 Å². The summed E-state index contributed by atoms with van der Waals surface area (Å²) in [6.07, 6.45) is -0.0854. The normalized spacial score (nSPS) is 17.0. The average Bonchev–Trinajstić information content (AvgIpc) is 2.84. The van der Waals surface area contributed by atoms with Crippen molar-refractivity contribution in [3.63, 3.8) is 0 Å². The molecule has 2 amide bonds. The first-order valence-electron chi connectivity index (χ1n) is 7.51. The van der Waals surface area contributed by atoms with Crippen molar-refractivity contribution < 1.29 is 18.9 Å². The van der Waals surface area contributed by atoms with Crippen molar-refractivity contribution in [2.45, 2.75) is 19.4 Å². The van der Waals surface area contributed by atoms with Crippen LogP contribution in [0.3, 0.4) is 0 Å². The van der Waals surface area contributed by atoms with E-state index in [9.17, 15) is 24.1 Å². The number of nitro benzene ring substituents is 1. The summed E-state index contributed by atoms with van der Waals surface area (Å²) in [5.74, 6) is -1.37. The lowest BCUT2D eigenvalue weighted by molar-refractivity contribution is -0.385. The molecule has 1 saturated heterocycles. The van der Waals surface area contributed by atoms with E-state index in [0.717, 1.165) is 4.90 Å². The van der Waals surface area contributed by atoms with E-state index in [1.54, 1.807) is 19.1 Å². The van der Waals surface area contributed by atoms with Gasteiger partial charge in [-0.2, -0.15) is 0 Å². The van der Waals surface area contributed by atoms with E-state index in [4.69, 9.17) is 0 Å². The van der Waals surface area contributed by atoms with Crippen molar-refractivity contribution in [1.82, 2.24) is 0 Å². The number of aryl methyl sites for hydroxylation is 1. The Bertz CT molecular complexity index is 867. The number of hydrogen-bond donors (Lipinski definition) is 1. The van der Waals surface area contributed by atoms with Crippen molar-refractivity contribution in [3.8, 4) is 0 Å². The van der Waals surface area contributed by atoms with Gasteiger partial charge in [0.15, 0.2) is 0 Å². The molecule has 2 aromatic carbocycles. The van der Waals surface area contributed by atoms with Crippen LogP contribution in [0.25, 0.3) is 0 Å². The lowest BCUT2D eigenvalue weighted by Gasteiger charge is -2.16. The highest BCUT2D eigenvalue weighted by Gasteiger charge is 2.39. The van der Waals surface area contributed by atoms with E-state index in [-0.39, 0.29) is 17.8 Å². The number of nitrogens with one attached hydrogen (secondary N) is 1. The zero-order valence-electron chi connectivity index (χ0n) is 13.2. The molecule has 2 aromatic rings. The highest BCUT2D eigenvalue weighted by Crippen LogP contribution is 2.27. The molecule has 0 spiro atoms. The minimum Gasteiger partial charge on any atom is -0.373 e. The van der Waals surface area contributed by atoms with Crippen molar-refractivity contribution in [2.24, 2.45) is 0 Å². The van der Waals surface area contributed by atoms with Gasteiger partial charge < -0.3 is 5.32 Å². The fourth-order valence-corrected chi connectivity index (χ4v) is 2.70. The summed E-state index contributed by atoms with van der Waals surface area (Å²) in [6.45, 7) is 1.61. The van der Waals surface area contributed by atoms with Crippen LogP contribution in [0.1, 0.15) is 12.0 Å². The maximum atomic E-state index is 13.0. The maximum Gasteiger partial charge on any atom is 0.274 e. The molecule has 0 aromatic heterocycles. The first-order chi connectivity index (χ1) is 11.9. The summed E-state index contributed by atoms with van der Waals surface area (Å²) in [5.41, 5.74) is 1.09. The molecular formula is C17H14FN3O4. The van der Waals surface area contributed by atoms with E-state index in [0.29, 0.717) is 11.3 Å². The van der Waals surface area contributed by atoms with E-state index < -0.39 is 28.6 Å². The van der Waals surface area contributed by atoms with Crippen LogP contribution in [-0.2, 0) is 9.59 Å². The Morgan fingerprint density at radius 2 is 1.88 bits per heavy atom. The van der Waals surface area contributed by atoms with Crippen LogP contribution >= 0.6 is 0 Å². The summed E-state index contributed by atoms with van der Waals surface area (Å²) < 4.78 is 13.0. The van der Waals surface area contributed by atoms with E-state index in [1.165, 1.54) is 30.3 Å². The molecule has 0 aliphatic carbocycles. The van der Waals surface area contributed by atoms with Crippen molar-refractivity contribution in [2.75, 3.05) is 10.2 Å². The lowest BCUT2D eigenvalue weighted by atomic mass is 10.1. The molecule has 1 fully saturated rings. The predicted octanol–water partition coefficient (Wildman–Crippen LogP) is 2.79. The van der Waals surface area contributed by atoms with Crippen LogP contribution in [0.5, 0.6) is 0 Å². The number of nitrogens with zero attached hydrogens (tertiary/aromatic N) is 2. The maximum absolute atomic E-state index is 13.0. The van der Waals surface area contributed by atoms with Crippen LogP contribution < -0.4 is 10.2 Å². The van der Waals surface area contributed by atoms with E-state index in [1.807, 2.05) is 0 Å². The van der Waals surface area contributed by atoms with Gasteiger partial charge in [-0.25, -0.2) is 9.29 Å². The quantitative estimate of drug-likeness (QED) is 0.523. The van der Waals surface area contributed by atoms with Crippen molar-refractivity contribution >= 4 is 28.9 Å². The van der Waals surface area contributed by atoms with Gasteiger partial charge in [-0.05, 0) is 37.3 Å². The molecule has 1 N–H and O–H groups in total. The van der Waals surface area contributed by atoms with Gasteiger partial charge >= 0.3 is 0 Å². The third-order valence-corrected chi connectivity index (χ3v) is 3.98. The lowest BCUT2D eigenvalue weighted by Crippen LogP contribution is -2.34. The molecule has 3 rings (SSSR count). The molecule has 1 aliphatic rings. The highest BCUT2D eigenvalue weighted by molar-refractivity contribution is 6.23. The number of hydrogen-bond acceptors (Lipinski definition) is 5. The van der Waals surface area contributed by atoms with E-state index in [2.05, 4.69) is 5.32 Å². The van der Waals surface area contributed by atoms with Gasteiger partial charge in [0.05, 0.1) is 17.0 Å². The summed E-state index contributed by atoms with van der Waals surface area (Å²) in [5, 5.41) is 13.9. The summed E-state index contributed by atoms with van der Waals surface area (Å²) in [7, 11) is 0. The van der Waals surface area contributed by atoms with Gasteiger partial charge in [-0.15, -0.1) is 0 Å². The van der Waals surface area contributed by atoms with Gasteiger partial charge in [0, 0.05) is 17.3 Å². The minimum atomic E-state index is -0.833. The summed E-state index contributed by atoms with van der Waals surface area (Å²) in [4.78, 5) is 36.2. The summed E-state index contributed by atoms with van der Waals surface area (Å²) >= 11 is 0. The molecular weight excluding hydrogens is 329 g/mol. The van der Waals surface area contributed by atoms with Crippen molar-refractivity contribution in [1.29, 1.82) is 0 Å². The molecule has 7 nitrogen and oxygen atoms in total. The monoisotopic (exact) mass is 343 g/mol. The molecule has 0 radical (unpaired) electrons. The van der Waals surface area contributed by atoms with Gasteiger partial charge in [0.2, 0.25) is 5.91 Å². The second-order valence-corrected chi connectivity index (χ2v) is 5.70. The van der Waals surface area contributed by atoms with Gasteiger partial charge in [0.1, 0.15) is 11.9 Å². The molecule has 0 bridgehead atoms. The zero-order valence-corrected chi connectivity index (χ0v) is 13.2. The molecule has 0 saturated carbocycles. The molecule has 8 heteroatoms. The van der Waals surface area contributed by atoms with Crippen LogP contribution in [0.4, 0.5) is 21.5 Å². The largest absolute Gasteiger partial charge is 0.373 e. The second kappa shape index (κ2) is 6.31. The Balaban J connectivity index is 1.82. The Morgan fingerprint density at radius 1 is 1.20 bits per heavy atom. The smallest absolute Gasteiger partial charge is 0.274 e. The van der Waals surface area contributed by atoms with Crippen LogP contribution in [-0.4, -0.2) is 22.8 Å². The molecule has 1 aliphatic heterocycles. The Kier molecular flexibility index (Phi) is 4.18. The first kappa shape index (κ1) is 16.6. The first-order valence-corrected chi connectivity index (χ1v) is 7.51. The number of imide groups is 1. The summed E-state index contributed by atoms with van der Waals surface area (Å²) in [6, 6.07) is 8.71. The Morgan fingerprint density at radius 3 is 2.52 bits per heavy atom. The molecule has 1 atom stereocenters. The number of amides is 2. The predicted molar refractivity (Wildman–Crippen MR) is 88.8 cm³/mol. The fourth-order valence-electron chi connectivity index (χ4n) is 2.70. The molecule has 1 heterocycles. The molecule has 0 unspecified atom stereocenters. The second-order valence-electron chi connectivity index (χ2n) is 5.70. The number of carbonyl (C=O) groups excluding carboxylic acids is 2. The number of halogens is 1. The Labute approximate surface area is 142 Å². The molecule has 128 valence electrons. The number of nitro groups is 1. The van der Waals surface area contributed by atoms with Crippen LogP contribution in [0.15, 0.2) is 42.5 Å². The average molecular weight is 343 g/mol. The number of benzene rings is 2. The fraction of sp³-hybridized carbons (Fsp3) is 0.176. The minimum absolute atomic E-state index is 0.0721. The Hall–Kier alpha value is -3.29. The number of carbonyl (C=O) groups is 2. The molecule has 25 heavy (non-hydrogen) atoms. The van der Waals surface area contributed by atoms with Gasteiger partial charge in [-0.3, -0.25) is 19.7 Å². The van der Waals surface area contributed by atoms with Gasteiger partial charge in [0.25, 0.3) is 11.6 Å².